The molecule has 0 aliphatic heterocycles. The van der Waals surface area contributed by atoms with Crippen LogP contribution in [-0.2, 0) is 4.74 Å². The molecule has 106 valence electrons. The van der Waals surface area contributed by atoms with Crippen LogP contribution in [0.5, 0.6) is 5.75 Å². The maximum absolute atomic E-state index is 12.5. The highest BCUT2D eigenvalue weighted by Crippen LogP contribution is 2.22. The van der Waals surface area contributed by atoms with Crippen molar-refractivity contribution >= 4 is 28.5 Å². The molecule has 0 heterocycles. The van der Waals surface area contributed by atoms with Crippen molar-refractivity contribution in [1.82, 2.24) is 4.90 Å². The SMILES string of the molecule is CCC(C)N(CCOC)C(=O)c1ccc(I)c(O)c1. The van der Waals surface area contributed by atoms with E-state index in [1.54, 1.807) is 24.1 Å². The summed E-state index contributed by atoms with van der Waals surface area (Å²) in [5.41, 5.74) is 0.509. The molecule has 5 heteroatoms. The lowest BCUT2D eigenvalue weighted by Crippen LogP contribution is -2.40. The maximum Gasteiger partial charge on any atom is 0.254 e. The van der Waals surface area contributed by atoms with Gasteiger partial charge in [0.2, 0.25) is 0 Å². The Balaban J connectivity index is 2.94. The Hall–Kier alpha value is -0.820. The van der Waals surface area contributed by atoms with E-state index in [4.69, 9.17) is 4.74 Å². The Labute approximate surface area is 127 Å². The van der Waals surface area contributed by atoms with E-state index in [1.165, 1.54) is 6.07 Å². The molecule has 0 aliphatic carbocycles. The Morgan fingerprint density at radius 2 is 2.21 bits per heavy atom. The average Bonchev–Trinajstić information content (AvgIpc) is 2.41. The zero-order valence-corrected chi connectivity index (χ0v) is 13.7. The van der Waals surface area contributed by atoms with Crippen molar-refractivity contribution in [3.8, 4) is 5.75 Å². The van der Waals surface area contributed by atoms with Crippen molar-refractivity contribution in [2.24, 2.45) is 0 Å². The largest absolute Gasteiger partial charge is 0.507 e. The monoisotopic (exact) mass is 377 g/mol. The minimum Gasteiger partial charge on any atom is -0.507 e. The average molecular weight is 377 g/mol. The summed E-state index contributed by atoms with van der Waals surface area (Å²) in [5.74, 6) is 0.0698. The van der Waals surface area contributed by atoms with Gasteiger partial charge in [-0.15, -0.1) is 0 Å². The number of ether oxygens (including phenoxy) is 1. The lowest BCUT2D eigenvalue weighted by atomic mass is 10.1. The van der Waals surface area contributed by atoms with Gasteiger partial charge in [-0.2, -0.15) is 0 Å². The van der Waals surface area contributed by atoms with Crippen molar-refractivity contribution in [2.45, 2.75) is 26.3 Å². The minimum absolute atomic E-state index is 0.0712. The first kappa shape index (κ1) is 16.2. The van der Waals surface area contributed by atoms with Crippen LogP contribution in [0.4, 0.5) is 0 Å². The van der Waals surface area contributed by atoms with Crippen LogP contribution in [0.1, 0.15) is 30.6 Å². The number of hydrogen-bond donors (Lipinski definition) is 1. The highest BCUT2D eigenvalue weighted by molar-refractivity contribution is 14.1. The highest BCUT2D eigenvalue weighted by Gasteiger charge is 2.20. The van der Waals surface area contributed by atoms with Crippen LogP contribution >= 0.6 is 22.6 Å². The molecule has 0 saturated carbocycles. The Bertz CT molecular complexity index is 437. The van der Waals surface area contributed by atoms with Gasteiger partial charge in [-0.1, -0.05) is 6.92 Å². The second-order valence-electron chi connectivity index (χ2n) is 4.41. The molecule has 1 N–H and O–H groups in total. The molecular formula is C14H20INO3. The van der Waals surface area contributed by atoms with Gasteiger partial charge in [-0.3, -0.25) is 4.79 Å². The van der Waals surface area contributed by atoms with Crippen LogP contribution in [0.15, 0.2) is 18.2 Å². The number of carbonyl (C=O) groups excluding carboxylic acids is 1. The first-order chi connectivity index (χ1) is 9.01. The molecule has 0 radical (unpaired) electrons. The number of hydrogen-bond acceptors (Lipinski definition) is 3. The maximum atomic E-state index is 12.5. The van der Waals surface area contributed by atoms with Crippen LogP contribution in [0.2, 0.25) is 0 Å². The number of nitrogens with zero attached hydrogens (tertiary/aromatic N) is 1. The predicted octanol–water partition coefficient (Wildman–Crippen LogP) is 2.88. The predicted molar refractivity (Wildman–Crippen MR) is 83.5 cm³/mol. The van der Waals surface area contributed by atoms with Crippen LogP contribution in [0.3, 0.4) is 0 Å². The van der Waals surface area contributed by atoms with Gasteiger partial charge in [0.1, 0.15) is 5.75 Å². The summed E-state index contributed by atoms with van der Waals surface area (Å²) in [6.07, 6.45) is 0.881. The van der Waals surface area contributed by atoms with E-state index in [-0.39, 0.29) is 17.7 Å². The van der Waals surface area contributed by atoms with E-state index in [2.05, 4.69) is 0 Å². The van der Waals surface area contributed by atoms with Gasteiger partial charge in [-0.25, -0.2) is 0 Å². The van der Waals surface area contributed by atoms with Crippen molar-refractivity contribution in [1.29, 1.82) is 0 Å². The van der Waals surface area contributed by atoms with Gasteiger partial charge >= 0.3 is 0 Å². The number of carbonyl (C=O) groups is 1. The van der Waals surface area contributed by atoms with Crippen LogP contribution < -0.4 is 0 Å². The summed E-state index contributed by atoms with van der Waals surface area (Å²) in [5, 5.41) is 9.70. The van der Waals surface area contributed by atoms with Gasteiger partial charge in [0.05, 0.1) is 10.2 Å². The van der Waals surface area contributed by atoms with Crippen molar-refractivity contribution in [3.05, 3.63) is 27.3 Å². The molecule has 0 fully saturated rings. The normalized spacial score (nSPS) is 12.2. The Morgan fingerprint density at radius 1 is 1.53 bits per heavy atom. The molecule has 0 spiro atoms. The molecule has 0 bridgehead atoms. The van der Waals surface area contributed by atoms with Crippen molar-refractivity contribution < 1.29 is 14.6 Å². The Morgan fingerprint density at radius 3 is 2.74 bits per heavy atom. The Kier molecular flexibility index (Phi) is 6.57. The van der Waals surface area contributed by atoms with E-state index >= 15 is 0 Å². The van der Waals surface area contributed by atoms with E-state index in [0.717, 1.165) is 9.99 Å². The van der Waals surface area contributed by atoms with Crippen molar-refractivity contribution in [3.63, 3.8) is 0 Å². The number of amides is 1. The fraction of sp³-hybridized carbons (Fsp3) is 0.500. The molecule has 1 unspecified atom stereocenters. The molecule has 0 aliphatic rings. The molecular weight excluding hydrogens is 357 g/mol. The topological polar surface area (TPSA) is 49.8 Å². The van der Waals surface area contributed by atoms with Gasteiger partial charge in [-0.05, 0) is 54.1 Å². The highest BCUT2D eigenvalue weighted by atomic mass is 127. The summed E-state index contributed by atoms with van der Waals surface area (Å²) in [6, 6.07) is 5.15. The fourth-order valence-electron chi connectivity index (χ4n) is 1.74. The molecule has 4 nitrogen and oxygen atoms in total. The summed E-state index contributed by atoms with van der Waals surface area (Å²) in [7, 11) is 1.62. The molecule has 1 aromatic carbocycles. The summed E-state index contributed by atoms with van der Waals surface area (Å²) in [6.45, 7) is 5.12. The van der Waals surface area contributed by atoms with Crippen LogP contribution in [0, 0.1) is 3.57 Å². The van der Waals surface area contributed by atoms with Crippen LogP contribution in [0.25, 0.3) is 0 Å². The smallest absolute Gasteiger partial charge is 0.254 e. The standard InChI is InChI=1S/C14H20INO3/c1-4-10(2)16(7-8-19-3)14(18)11-5-6-12(15)13(17)9-11/h5-6,9-10,17H,4,7-8H2,1-3H3. The van der Waals surface area contributed by atoms with Crippen LogP contribution in [-0.4, -0.2) is 42.2 Å². The zero-order chi connectivity index (χ0) is 14.4. The summed E-state index contributed by atoms with van der Waals surface area (Å²) < 4.78 is 5.79. The van der Waals surface area contributed by atoms with Gasteiger partial charge in [0, 0.05) is 25.3 Å². The third-order valence-corrected chi connectivity index (χ3v) is 4.03. The second kappa shape index (κ2) is 7.69. The molecule has 1 amide bonds. The number of halogens is 1. The summed E-state index contributed by atoms with van der Waals surface area (Å²) in [4.78, 5) is 14.3. The lowest BCUT2D eigenvalue weighted by Gasteiger charge is -2.28. The first-order valence-electron chi connectivity index (χ1n) is 6.29. The third kappa shape index (κ3) is 4.35. The second-order valence-corrected chi connectivity index (χ2v) is 5.58. The van der Waals surface area contributed by atoms with E-state index in [0.29, 0.717) is 18.7 Å². The number of phenols is 1. The molecule has 1 atom stereocenters. The van der Waals surface area contributed by atoms with E-state index in [9.17, 15) is 9.90 Å². The van der Waals surface area contributed by atoms with E-state index < -0.39 is 0 Å². The molecule has 0 saturated heterocycles. The van der Waals surface area contributed by atoms with E-state index in [1.807, 2.05) is 36.4 Å². The summed E-state index contributed by atoms with van der Waals surface area (Å²) >= 11 is 2.03. The first-order valence-corrected chi connectivity index (χ1v) is 7.37. The zero-order valence-electron chi connectivity index (χ0n) is 11.5. The number of rotatable bonds is 6. The van der Waals surface area contributed by atoms with Gasteiger partial charge in [0.25, 0.3) is 5.91 Å². The van der Waals surface area contributed by atoms with Crippen molar-refractivity contribution in [2.75, 3.05) is 20.3 Å². The number of benzene rings is 1. The lowest BCUT2D eigenvalue weighted by molar-refractivity contribution is 0.0613. The molecule has 19 heavy (non-hydrogen) atoms. The molecule has 0 aromatic heterocycles. The minimum atomic E-state index is -0.0712. The number of phenolic OH excluding ortho intramolecular Hbond substituents is 1. The number of methoxy groups -OCH3 is 1. The quantitative estimate of drug-likeness (QED) is 0.776. The third-order valence-electron chi connectivity index (χ3n) is 3.11. The molecule has 1 aromatic rings. The fourth-order valence-corrected chi connectivity index (χ4v) is 2.08. The van der Waals surface area contributed by atoms with Gasteiger partial charge in [0.15, 0.2) is 0 Å². The van der Waals surface area contributed by atoms with Gasteiger partial charge < -0.3 is 14.7 Å². The molecule has 1 rings (SSSR count). The number of aromatic hydroxyl groups is 1.